The van der Waals surface area contributed by atoms with Gasteiger partial charge in [-0.15, -0.1) is 11.8 Å². The van der Waals surface area contributed by atoms with Crippen molar-refractivity contribution in [1.29, 1.82) is 0 Å². The standard InChI is InChI=1S/C13H13N3OS/c14-16-13(17)12-11(7-4-8-15-12)18-9-10-5-2-1-3-6-10/h1-8H,9,14H2,(H,16,17). The van der Waals surface area contributed by atoms with Crippen LogP contribution >= 0.6 is 11.8 Å². The third kappa shape index (κ3) is 3.09. The van der Waals surface area contributed by atoms with E-state index in [1.165, 1.54) is 5.56 Å². The minimum Gasteiger partial charge on any atom is -0.289 e. The number of pyridine rings is 1. The van der Waals surface area contributed by atoms with Crippen molar-refractivity contribution < 1.29 is 4.79 Å². The van der Waals surface area contributed by atoms with Gasteiger partial charge in [-0.2, -0.15) is 0 Å². The summed E-state index contributed by atoms with van der Waals surface area (Å²) in [4.78, 5) is 16.4. The number of rotatable bonds is 4. The number of nitrogens with two attached hydrogens (primary N) is 1. The molecule has 1 aromatic carbocycles. The molecule has 0 atom stereocenters. The van der Waals surface area contributed by atoms with Crippen molar-refractivity contribution in [3.8, 4) is 0 Å². The van der Waals surface area contributed by atoms with E-state index >= 15 is 0 Å². The van der Waals surface area contributed by atoms with Crippen LogP contribution in [0.2, 0.25) is 0 Å². The first kappa shape index (κ1) is 12.6. The van der Waals surface area contributed by atoms with Crippen LogP contribution in [-0.4, -0.2) is 10.9 Å². The Balaban J connectivity index is 2.12. The molecule has 0 saturated heterocycles. The second kappa shape index (κ2) is 6.18. The summed E-state index contributed by atoms with van der Waals surface area (Å²) < 4.78 is 0. The van der Waals surface area contributed by atoms with Crippen molar-refractivity contribution >= 4 is 17.7 Å². The van der Waals surface area contributed by atoms with Crippen LogP contribution < -0.4 is 11.3 Å². The van der Waals surface area contributed by atoms with Crippen LogP contribution in [0.3, 0.4) is 0 Å². The van der Waals surface area contributed by atoms with Gasteiger partial charge in [-0.05, 0) is 17.7 Å². The highest BCUT2D eigenvalue weighted by Crippen LogP contribution is 2.24. The number of thioether (sulfide) groups is 1. The molecule has 18 heavy (non-hydrogen) atoms. The van der Waals surface area contributed by atoms with Gasteiger partial charge in [-0.25, -0.2) is 10.8 Å². The summed E-state index contributed by atoms with van der Waals surface area (Å²) in [5, 5.41) is 0. The zero-order valence-electron chi connectivity index (χ0n) is 9.67. The highest BCUT2D eigenvalue weighted by Gasteiger charge is 2.11. The van der Waals surface area contributed by atoms with Gasteiger partial charge in [0.15, 0.2) is 0 Å². The Bertz CT molecular complexity index is 531. The number of nitrogens with zero attached hydrogens (tertiary/aromatic N) is 1. The Morgan fingerprint density at radius 3 is 2.72 bits per heavy atom. The lowest BCUT2D eigenvalue weighted by molar-refractivity contribution is 0.0945. The number of hydrogen-bond acceptors (Lipinski definition) is 4. The molecule has 1 heterocycles. The Morgan fingerprint density at radius 1 is 1.22 bits per heavy atom. The minimum absolute atomic E-state index is 0.362. The lowest BCUT2D eigenvalue weighted by Gasteiger charge is -2.06. The Labute approximate surface area is 110 Å². The lowest BCUT2D eigenvalue weighted by atomic mass is 10.2. The molecule has 92 valence electrons. The zero-order chi connectivity index (χ0) is 12.8. The molecule has 0 spiro atoms. The normalized spacial score (nSPS) is 10.1. The molecule has 0 aliphatic carbocycles. The fourth-order valence-electron chi connectivity index (χ4n) is 1.48. The van der Waals surface area contributed by atoms with Crippen molar-refractivity contribution in [2.75, 3.05) is 0 Å². The number of nitrogens with one attached hydrogen (secondary N) is 1. The van der Waals surface area contributed by atoms with Crippen LogP contribution in [0, 0.1) is 0 Å². The monoisotopic (exact) mass is 259 g/mol. The van der Waals surface area contributed by atoms with Gasteiger partial charge in [0.05, 0.1) is 0 Å². The smallest absolute Gasteiger partial charge is 0.284 e. The van der Waals surface area contributed by atoms with Crippen molar-refractivity contribution in [2.45, 2.75) is 10.6 Å². The highest BCUT2D eigenvalue weighted by atomic mass is 32.2. The Morgan fingerprint density at radius 2 is 2.00 bits per heavy atom. The maximum atomic E-state index is 11.5. The fourth-order valence-corrected chi connectivity index (χ4v) is 2.45. The zero-order valence-corrected chi connectivity index (χ0v) is 10.5. The Hall–Kier alpha value is -1.85. The average molecular weight is 259 g/mol. The van der Waals surface area contributed by atoms with Gasteiger partial charge in [0.25, 0.3) is 5.91 Å². The van der Waals surface area contributed by atoms with E-state index in [1.54, 1.807) is 24.0 Å². The average Bonchev–Trinajstić information content (AvgIpc) is 2.45. The SMILES string of the molecule is NNC(=O)c1ncccc1SCc1ccccc1. The van der Waals surface area contributed by atoms with E-state index in [9.17, 15) is 4.79 Å². The van der Waals surface area contributed by atoms with Gasteiger partial charge in [0.1, 0.15) is 5.69 Å². The second-order valence-corrected chi connectivity index (χ2v) is 4.62. The largest absolute Gasteiger partial charge is 0.289 e. The topological polar surface area (TPSA) is 68.0 Å². The molecule has 1 aromatic heterocycles. The van der Waals surface area contributed by atoms with Crippen molar-refractivity contribution in [2.24, 2.45) is 5.84 Å². The van der Waals surface area contributed by atoms with Crippen LogP contribution in [0.5, 0.6) is 0 Å². The number of carbonyl (C=O) groups excluding carboxylic acids is 1. The summed E-state index contributed by atoms with van der Waals surface area (Å²) in [6, 6.07) is 13.7. The van der Waals surface area contributed by atoms with E-state index < -0.39 is 0 Å². The molecule has 0 saturated carbocycles. The van der Waals surface area contributed by atoms with Crippen LogP contribution in [0.4, 0.5) is 0 Å². The summed E-state index contributed by atoms with van der Waals surface area (Å²) in [7, 11) is 0. The molecular formula is C13H13N3OS. The highest BCUT2D eigenvalue weighted by molar-refractivity contribution is 7.98. The molecule has 0 aliphatic rings. The lowest BCUT2D eigenvalue weighted by Crippen LogP contribution is -2.31. The van der Waals surface area contributed by atoms with E-state index in [0.29, 0.717) is 5.69 Å². The maximum absolute atomic E-state index is 11.5. The molecule has 1 amide bonds. The molecule has 0 unspecified atom stereocenters. The molecule has 0 radical (unpaired) electrons. The molecule has 5 heteroatoms. The van der Waals surface area contributed by atoms with E-state index in [-0.39, 0.29) is 5.91 Å². The van der Waals surface area contributed by atoms with Crippen LogP contribution in [0.1, 0.15) is 16.1 Å². The third-order valence-corrected chi connectivity index (χ3v) is 3.47. The number of nitrogen functional groups attached to an aromatic ring is 1. The van der Waals surface area contributed by atoms with E-state index in [4.69, 9.17) is 5.84 Å². The third-order valence-electron chi connectivity index (χ3n) is 2.35. The summed E-state index contributed by atoms with van der Waals surface area (Å²) in [5.41, 5.74) is 3.67. The maximum Gasteiger partial charge on any atom is 0.284 e. The molecule has 0 bridgehead atoms. The predicted octanol–water partition coefficient (Wildman–Crippen LogP) is 1.98. The summed E-state index contributed by atoms with van der Waals surface area (Å²) >= 11 is 1.56. The van der Waals surface area contributed by atoms with Crippen molar-refractivity contribution in [3.05, 3.63) is 59.9 Å². The quantitative estimate of drug-likeness (QED) is 0.381. The predicted molar refractivity (Wildman–Crippen MR) is 71.9 cm³/mol. The molecule has 0 aliphatic heterocycles. The molecule has 4 nitrogen and oxygen atoms in total. The van der Waals surface area contributed by atoms with Crippen LogP contribution in [0.15, 0.2) is 53.6 Å². The fraction of sp³-hybridized carbons (Fsp3) is 0.0769. The number of amides is 1. The second-order valence-electron chi connectivity index (χ2n) is 3.60. The van der Waals surface area contributed by atoms with Crippen molar-refractivity contribution in [1.82, 2.24) is 10.4 Å². The van der Waals surface area contributed by atoms with Crippen LogP contribution in [0.25, 0.3) is 0 Å². The number of hydrogen-bond donors (Lipinski definition) is 2. The number of benzene rings is 1. The molecule has 2 aromatic rings. The number of hydrazine groups is 1. The van der Waals surface area contributed by atoms with Gasteiger partial charge in [0.2, 0.25) is 0 Å². The van der Waals surface area contributed by atoms with E-state index in [1.807, 2.05) is 36.4 Å². The minimum atomic E-state index is -0.369. The molecular weight excluding hydrogens is 246 g/mol. The Kier molecular flexibility index (Phi) is 4.33. The summed E-state index contributed by atoms with van der Waals surface area (Å²) in [5.74, 6) is 5.55. The van der Waals surface area contributed by atoms with E-state index in [2.05, 4.69) is 10.4 Å². The molecule has 0 fully saturated rings. The summed E-state index contributed by atoms with van der Waals surface area (Å²) in [6.07, 6.45) is 1.58. The van der Waals surface area contributed by atoms with Gasteiger partial charge < -0.3 is 0 Å². The van der Waals surface area contributed by atoms with Gasteiger partial charge >= 0.3 is 0 Å². The summed E-state index contributed by atoms with van der Waals surface area (Å²) in [6.45, 7) is 0. The van der Waals surface area contributed by atoms with Crippen molar-refractivity contribution in [3.63, 3.8) is 0 Å². The van der Waals surface area contributed by atoms with Gasteiger partial charge in [-0.1, -0.05) is 30.3 Å². The number of carbonyl (C=O) groups is 1. The first-order valence-electron chi connectivity index (χ1n) is 5.44. The van der Waals surface area contributed by atoms with Gasteiger partial charge in [-0.3, -0.25) is 10.2 Å². The molecule has 3 N–H and O–H groups in total. The first-order valence-corrected chi connectivity index (χ1v) is 6.42. The molecule has 2 rings (SSSR count). The van der Waals surface area contributed by atoms with E-state index in [0.717, 1.165) is 10.6 Å². The van der Waals surface area contributed by atoms with Crippen LogP contribution in [-0.2, 0) is 5.75 Å². The van der Waals surface area contributed by atoms with Gasteiger partial charge in [0, 0.05) is 16.8 Å². The first-order chi connectivity index (χ1) is 8.81. The number of aromatic nitrogens is 1.